The Labute approximate surface area is 248 Å². The second kappa shape index (κ2) is 10.8. The average molecular weight is 676 g/mol. The van der Waals surface area contributed by atoms with Crippen LogP contribution in [0.25, 0.3) is 22.3 Å². The SMILES string of the molecule is Nc1nc2c(ncn2[C@@H]2O[C@@H]3COP(=O)(O)OC4[C@@H](COP(=O)(O)O[C@@H]2C3O)O[C@@H](n2cnc3c(N)ncnc32)[C@H]4F)c(=O)[nH]1. The van der Waals surface area contributed by atoms with Crippen molar-refractivity contribution in [3.8, 4) is 0 Å². The van der Waals surface area contributed by atoms with E-state index in [9.17, 15) is 28.8 Å². The smallest absolute Gasteiger partial charge is 0.387 e. The number of nitrogens with two attached hydrogens (primary N) is 2. The van der Waals surface area contributed by atoms with Crippen LogP contribution >= 0.6 is 15.6 Å². The molecule has 7 rings (SSSR count). The molecule has 0 spiro atoms. The molecular formula is C20H23FN10O12P2. The Morgan fingerprint density at radius 2 is 1.51 bits per heavy atom. The lowest BCUT2D eigenvalue weighted by molar-refractivity contribution is -0.0670. The highest BCUT2D eigenvalue weighted by Crippen LogP contribution is 2.54. The second-order valence-electron chi connectivity index (χ2n) is 10.1. The lowest BCUT2D eigenvalue weighted by Crippen LogP contribution is -2.35. The number of nitrogen functional groups attached to an aromatic ring is 2. The largest absolute Gasteiger partial charge is 0.472 e. The highest BCUT2D eigenvalue weighted by atomic mass is 31.2. The Hall–Kier alpha value is -3.47. The number of phosphoric acid groups is 2. The van der Waals surface area contributed by atoms with E-state index in [-0.39, 0.29) is 34.1 Å². The maximum Gasteiger partial charge on any atom is 0.472 e. The fraction of sp³-hybridized carbons (Fsp3) is 0.500. The van der Waals surface area contributed by atoms with Gasteiger partial charge in [0.05, 0.1) is 25.9 Å². The number of hydrogen-bond donors (Lipinski definition) is 6. The van der Waals surface area contributed by atoms with Gasteiger partial charge in [0.15, 0.2) is 41.3 Å². The van der Waals surface area contributed by atoms with E-state index in [2.05, 4.69) is 29.9 Å². The van der Waals surface area contributed by atoms with Gasteiger partial charge < -0.3 is 35.8 Å². The zero-order valence-electron chi connectivity index (χ0n) is 22.3. The first-order valence-corrected chi connectivity index (χ1v) is 15.9. The summed E-state index contributed by atoms with van der Waals surface area (Å²) in [6.45, 7) is -1.77. The lowest BCUT2D eigenvalue weighted by Gasteiger charge is -2.25. The first-order chi connectivity index (χ1) is 21.3. The summed E-state index contributed by atoms with van der Waals surface area (Å²) < 4.78 is 76.3. The third kappa shape index (κ3) is 5.30. The molecule has 22 nitrogen and oxygen atoms in total. The third-order valence-electron chi connectivity index (χ3n) is 7.28. The van der Waals surface area contributed by atoms with Crippen LogP contribution in [0.1, 0.15) is 12.5 Å². The number of fused-ring (bicyclic) bond motifs is 5. The Kier molecular flexibility index (Phi) is 7.26. The van der Waals surface area contributed by atoms with Gasteiger partial charge in [0.25, 0.3) is 5.56 Å². The van der Waals surface area contributed by atoms with Crippen LogP contribution in [0.4, 0.5) is 16.2 Å². The van der Waals surface area contributed by atoms with Gasteiger partial charge in [-0.3, -0.25) is 37.0 Å². The number of H-pyrrole nitrogens is 1. The van der Waals surface area contributed by atoms with E-state index in [0.29, 0.717) is 0 Å². The maximum absolute atomic E-state index is 15.9. The average Bonchev–Trinajstić information content (AvgIpc) is 3.72. The third-order valence-corrected chi connectivity index (χ3v) is 9.25. The molecule has 0 radical (unpaired) electrons. The molecule has 25 heteroatoms. The molecule has 8 N–H and O–H groups in total. The number of aromatic amines is 1. The van der Waals surface area contributed by atoms with Crippen LogP contribution in [-0.2, 0) is 36.7 Å². The Morgan fingerprint density at radius 3 is 2.24 bits per heavy atom. The molecule has 3 aliphatic rings. The van der Waals surface area contributed by atoms with Gasteiger partial charge in [0.1, 0.15) is 42.4 Å². The standard InChI is InChI=1S/C20H23FN10O12P2/c21-8-12-7(41-18(8)30-4-26-9-14(22)24-3-25-15(9)30)2-39-45(36,37)43-13-11(32)6(1-38-44(34,35)42-12)40-19(13)31-5-27-10-16(31)28-20(23)29-17(10)33/h3-8,11-13,18-19,32H,1-2H2,(H,34,35)(H,36,37)(H2,22,24,25)(H3,23,28,29,33)/t6-,7-,8+,11?,12?,13-,18-,19-/m1/s1. The number of nitrogens with one attached hydrogen (secondary N) is 1. The van der Waals surface area contributed by atoms with Gasteiger partial charge in [0.2, 0.25) is 5.95 Å². The van der Waals surface area contributed by atoms with Crippen molar-refractivity contribution in [2.24, 2.45) is 0 Å². The molecule has 242 valence electrons. The van der Waals surface area contributed by atoms with Crippen LogP contribution in [0.3, 0.4) is 0 Å². The van der Waals surface area contributed by atoms with Gasteiger partial charge in [-0.15, -0.1) is 0 Å². The predicted octanol–water partition coefficient (Wildman–Crippen LogP) is -1.36. The predicted molar refractivity (Wildman–Crippen MR) is 142 cm³/mol. The maximum atomic E-state index is 15.9. The fourth-order valence-electron chi connectivity index (χ4n) is 5.26. The number of phosphoric ester groups is 2. The molecular weight excluding hydrogens is 653 g/mol. The fourth-order valence-corrected chi connectivity index (χ4v) is 7.15. The minimum absolute atomic E-state index is 0.00648. The van der Waals surface area contributed by atoms with E-state index in [1.807, 2.05) is 0 Å². The number of imidazole rings is 2. The zero-order valence-corrected chi connectivity index (χ0v) is 24.1. The molecule has 2 bridgehead atoms. The van der Waals surface area contributed by atoms with Gasteiger partial charge in [-0.1, -0.05) is 0 Å². The zero-order chi connectivity index (χ0) is 31.8. The Balaban J connectivity index is 1.21. The second-order valence-corrected chi connectivity index (χ2v) is 12.9. The molecule has 0 aromatic carbocycles. The monoisotopic (exact) mass is 676 g/mol. The summed E-state index contributed by atoms with van der Waals surface area (Å²) in [6.07, 6.45) is -10.5. The number of hydrogen-bond acceptors (Lipinski definition) is 17. The summed E-state index contributed by atoms with van der Waals surface area (Å²) in [5.74, 6) is -0.301. The molecule has 4 aromatic heterocycles. The number of aromatic nitrogens is 8. The molecule has 10 atom stereocenters. The number of anilines is 2. The topological polar surface area (TPSA) is 309 Å². The summed E-state index contributed by atoms with van der Waals surface area (Å²) in [7, 11) is -10.3. The Bertz CT molecular complexity index is 1940. The molecule has 0 saturated carbocycles. The van der Waals surface area contributed by atoms with Gasteiger partial charge in [-0.05, 0) is 0 Å². The number of ether oxygens (including phenoxy) is 2. The van der Waals surface area contributed by atoms with Gasteiger partial charge >= 0.3 is 15.6 Å². The van der Waals surface area contributed by atoms with E-state index in [1.165, 1.54) is 0 Å². The number of alkyl halides is 1. The van der Waals surface area contributed by atoms with E-state index in [1.54, 1.807) is 0 Å². The normalized spacial score (nSPS) is 37.7. The number of aliphatic hydroxyl groups is 1. The number of halogens is 1. The van der Waals surface area contributed by atoms with Crippen molar-refractivity contribution < 1.29 is 56.0 Å². The van der Waals surface area contributed by atoms with Crippen LogP contribution in [0, 0.1) is 0 Å². The minimum Gasteiger partial charge on any atom is -0.387 e. The summed E-state index contributed by atoms with van der Waals surface area (Å²) in [4.78, 5) is 55.5. The van der Waals surface area contributed by atoms with E-state index < -0.39 is 83.6 Å². The van der Waals surface area contributed by atoms with Crippen molar-refractivity contribution in [1.29, 1.82) is 0 Å². The van der Waals surface area contributed by atoms with E-state index >= 15 is 4.39 Å². The van der Waals surface area contributed by atoms with Crippen molar-refractivity contribution in [3.05, 3.63) is 29.3 Å². The van der Waals surface area contributed by atoms with Crippen molar-refractivity contribution in [3.63, 3.8) is 0 Å². The van der Waals surface area contributed by atoms with E-state index in [0.717, 1.165) is 28.1 Å². The van der Waals surface area contributed by atoms with E-state index in [4.69, 9.17) is 39.0 Å². The summed E-state index contributed by atoms with van der Waals surface area (Å²) in [6, 6.07) is 0. The summed E-state index contributed by atoms with van der Waals surface area (Å²) >= 11 is 0. The molecule has 4 unspecified atom stereocenters. The number of nitrogens with zero attached hydrogens (tertiary/aromatic N) is 7. The molecule has 0 aliphatic carbocycles. The first-order valence-electron chi connectivity index (χ1n) is 12.9. The molecule has 3 saturated heterocycles. The first kappa shape index (κ1) is 30.2. The molecule has 3 fully saturated rings. The van der Waals surface area contributed by atoms with Crippen molar-refractivity contribution in [2.75, 3.05) is 24.7 Å². The highest BCUT2D eigenvalue weighted by Gasteiger charge is 2.54. The molecule has 7 heterocycles. The van der Waals surface area contributed by atoms with Gasteiger partial charge in [-0.2, -0.15) is 4.98 Å². The number of aliphatic hydroxyl groups excluding tert-OH is 1. The van der Waals surface area contributed by atoms with Crippen LogP contribution in [0.2, 0.25) is 0 Å². The minimum atomic E-state index is -5.15. The summed E-state index contributed by atoms with van der Waals surface area (Å²) in [5.41, 5.74) is 10.6. The van der Waals surface area contributed by atoms with Crippen LogP contribution in [-0.4, -0.2) is 104 Å². The van der Waals surface area contributed by atoms with Crippen LogP contribution in [0.15, 0.2) is 23.8 Å². The van der Waals surface area contributed by atoms with Crippen LogP contribution < -0.4 is 17.0 Å². The van der Waals surface area contributed by atoms with Gasteiger partial charge in [-0.25, -0.2) is 33.5 Å². The van der Waals surface area contributed by atoms with Crippen molar-refractivity contribution in [2.45, 2.75) is 49.1 Å². The number of rotatable bonds is 2. The van der Waals surface area contributed by atoms with Gasteiger partial charge in [0, 0.05) is 0 Å². The lowest BCUT2D eigenvalue weighted by atomic mass is 10.1. The molecule has 3 aliphatic heterocycles. The Morgan fingerprint density at radius 1 is 0.889 bits per heavy atom. The highest BCUT2D eigenvalue weighted by molar-refractivity contribution is 7.47. The molecule has 0 amide bonds. The van der Waals surface area contributed by atoms with Crippen LogP contribution in [0.5, 0.6) is 0 Å². The molecule has 45 heavy (non-hydrogen) atoms. The van der Waals surface area contributed by atoms with Crippen molar-refractivity contribution in [1.82, 2.24) is 39.0 Å². The molecule has 4 aromatic rings. The summed E-state index contributed by atoms with van der Waals surface area (Å²) in [5, 5.41) is 11.0. The quantitative estimate of drug-likeness (QED) is 0.133. The van der Waals surface area contributed by atoms with Crippen molar-refractivity contribution >= 4 is 49.7 Å².